The average Bonchev–Trinajstić information content (AvgIpc) is 3.11. The molecule has 2 aromatic carbocycles. The van der Waals surface area contributed by atoms with Crippen molar-refractivity contribution in [3.05, 3.63) is 70.9 Å². The summed E-state index contributed by atoms with van der Waals surface area (Å²) in [4.78, 5) is 11.9. The van der Waals surface area contributed by atoms with Crippen LogP contribution in [0.25, 0.3) is 11.3 Å². The van der Waals surface area contributed by atoms with E-state index >= 15 is 0 Å². The number of hydrazone groups is 1. The van der Waals surface area contributed by atoms with Gasteiger partial charge in [0.05, 0.1) is 23.9 Å². The van der Waals surface area contributed by atoms with Crippen molar-refractivity contribution in [2.24, 2.45) is 5.10 Å². The van der Waals surface area contributed by atoms with Gasteiger partial charge in [0.2, 0.25) is 0 Å². The summed E-state index contributed by atoms with van der Waals surface area (Å²) in [5.74, 6) is 0.994. The molecule has 7 heteroatoms. The van der Waals surface area contributed by atoms with Crippen molar-refractivity contribution in [3.8, 4) is 22.8 Å². The molecule has 0 radical (unpaired) electrons. The molecule has 1 aromatic heterocycles. The zero-order valence-electron chi connectivity index (χ0n) is 13.8. The minimum Gasteiger partial charge on any atom is -0.507 e. The van der Waals surface area contributed by atoms with E-state index in [-0.39, 0.29) is 11.3 Å². The van der Waals surface area contributed by atoms with Crippen LogP contribution in [0.3, 0.4) is 0 Å². The first-order valence-corrected chi connectivity index (χ1v) is 8.01. The Morgan fingerprint density at radius 2 is 2.04 bits per heavy atom. The number of aromatic hydroxyl groups is 1. The maximum absolute atomic E-state index is 11.9. The molecule has 1 heterocycles. The van der Waals surface area contributed by atoms with Gasteiger partial charge in [-0.1, -0.05) is 23.7 Å². The van der Waals surface area contributed by atoms with Gasteiger partial charge in [-0.15, -0.1) is 0 Å². The molecular weight excluding hydrogens is 356 g/mol. The second kappa shape index (κ2) is 7.76. The monoisotopic (exact) mass is 370 g/mol. The Bertz CT molecular complexity index is 966. The number of phenols is 1. The number of furan rings is 1. The Balaban J connectivity index is 1.68. The largest absolute Gasteiger partial charge is 0.507 e. The molecule has 0 saturated carbocycles. The van der Waals surface area contributed by atoms with Crippen molar-refractivity contribution in [2.45, 2.75) is 0 Å². The molecule has 0 bridgehead atoms. The minimum atomic E-state index is -0.520. The fraction of sp³-hybridized carbons (Fsp3) is 0.0526. The molecule has 0 unspecified atom stereocenters. The van der Waals surface area contributed by atoms with E-state index in [1.165, 1.54) is 18.3 Å². The smallest absolute Gasteiger partial charge is 0.275 e. The molecule has 1 amide bonds. The van der Waals surface area contributed by atoms with Gasteiger partial charge in [0.15, 0.2) is 0 Å². The molecule has 132 valence electrons. The van der Waals surface area contributed by atoms with Crippen molar-refractivity contribution in [1.82, 2.24) is 5.43 Å². The van der Waals surface area contributed by atoms with Crippen LogP contribution in [0.2, 0.25) is 5.02 Å². The molecule has 3 rings (SSSR count). The molecule has 0 aliphatic carbocycles. The number of hydrogen-bond donors (Lipinski definition) is 2. The second-order valence-corrected chi connectivity index (χ2v) is 5.67. The van der Waals surface area contributed by atoms with E-state index in [0.29, 0.717) is 22.3 Å². The number of benzene rings is 2. The van der Waals surface area contributed by atoms with Crippen molar-refractivity contribution < 1.29 is 19.1 Å². The number of phenolic OH excluding ortho intramolecular Hbond substituents is 1. The second-order valence-electron chi connectivity index (χ2n) is 5.27. The molecule has 0 saturated heterocycles. The highest BCUT2D eigenvalue weighted by Gasteiger charge is 2.09. The molecule has 0 aliphatic heterocycles. The molecule has 26 heavy (non-hydrogen) atoms. The van der Waals surface area contributed by atoms with Crippen LogP contribution in [0.15, 0.2) is 64.1 Å². The van der Waals surface area contributed by atoms with Crippen molar-refractivity contribution in [3.63, 3.8) is 0 Å². The quantitative estimate of drug-likeness (QED) is 0.523. The first-order chi connectivity index (χ1) is 12.6. The highest BCUT2D eigenvalue weighted by atomic mass is 35.5. The van der Waals surface area contributed by atoms with Crippen LogP contribution in [0.5, 0.6) is 11.5 Å². The lowest BCUT2D eigenvalue weighted by Gasteiger charge is -2.04. The maximum atomic E-state index is 11.9. The molecule has 3 aromatic rings. The first-order valence-electron chi connectivity index (χ1n) is 7.63. The van der Waals surface area contributed by atoms with Gasteiger partial charge >= 0.3 is 0 Å². The van der Waals surface area contributed by atoms with E-state index in [2.05, 4.69) is 10.5 Å². The summed E-state index contributed by atoms with van der Waals surface area (Å²) < 4.78 is 10.8. The minimum absolute atomic E-state index is 0.114. The van der Waals surface area contributed by atoms with E-state index in [1.54, 1.807) is 43.5 Å². The highest BCUT2D eigenvalue weighted by molar-refractivity contribution is 6.32. The summed E-state index contributed by atoms with van der Waals surface area (Å²) in [5.41, 5.74) is 3.26. The number of methoxy groups -OCH3 is 1. The summed E-state index contributed by atoms with van der Waals surface area (Å²) in [5, 5.41) is 13.9. The molecule has 6 nitrogen and oxygen atoms in total. The van der Waals surface area contributed by atoms with Gasteiger partial charge in [-0.2, -0.15) is 5.10 Å². The molecular formula is C19H15ClN2O4. The van der Waals surface area contributed by atoms with Gasteiger partial charge < -0.3 is 14.3 Å². The summed E-state index contributed by atoms with van der Waals surface area (Å²) in [6, 6.07) is 15.0. The van der Waals surface area contributed by atoms with Crippen LogP contribution in [-0.4, -0.2) is 24.3 Å². The summed E-state index contributed by atoms with van der Waals surface area (Å²) >= 11 is 6.11. The number of para-hydroxylation sites is 1. The van der Waals surface area contributed by atoms with Crippen LogP contribution >= 0.6 is 11.6 Å². The van der Waals surface area contributed by atoms with E-state index in [9.17, 15) is 9.90 Å². The number of nitrogens with one attached hydrogen (secondary N) is 1. The van der Waals surface area contributed by atoms with E-state index in [4.69, 9.17) is 20.8 Å². The fourth-order valence-corrected chi connectivity index (χ4v) is 2.54. The van der Waals surface area contributed by atoms with Gasteiger partial charge in [-0.25, -0.2) is 5.43 Å². The lowest BCUT2D eigenvalue weighted by atomic mass is 10.2. The molecule has 0 spiro atoms. The number of amides is 1. The lowest BCUT2D eigenvalue weighted by Crippen LogP contribution is -2.17. The van der Waals surface area contributed by atoms with Gasteiger partial charge in [-0.05, 0) is 42.5 Å². The fourth-order valence-electron chi connectivity index (χ4n) is 2.28. The third-order valence-corrected chi connectivity index (χ3v) is 3.87. The number of nitrogens with zero attached hydrogens (tertiary/aromatic N) is 1. The van der Waals surface area contributed by atoms with Crippen LogP contribution in [-0.2, 0) is 0 Å². The van der Waals surface area contributed by atoms with Crippen LogP contribution < -0.4 is 10.2 Å². The number of halogens is 1. The van der Waals surface area contributed by atoms with Gasteiger partial charge in [-0.3, -0.25) is 4.79 Å². The van der Waals surface area contributed by atoms with Gasteiger partial charge in [0.25, 0.3) is 5.91 Å². The number of carbonyl (C=O) groups excluding carboxylic acids is 1. The average molecular weight is 371 g/mol. The van der Waals surface area contributed by atoms with Crippen molar-refractivity contribution >= 4 is 23.7 Å². The first kappa shape index (κ1) is 17.6. The Hall–Kier alpha value is -3.25. The molecule has 0 fully saturated rings. The molecule has 0 aliphatic rings. The number of ether oxygens (including phenoxy) is 1. The predicted octanol–water partition coefficient (Wildman–Crippen LogP) is 4.08. The van der Waals surface area contributed by atoms with Crippen LogP contribution in [0, 0.1) is 0 Å². The van der Waals surface area contributed by atoms with Gasteiger partial charge in [0, 0.05) is 5.56 Å². The van der Waals surface area contributed by atoms with E-state index in [0.717, 1.165) is 5.56 Å². The lowest BCUT2D eigenvalue weighted by molar-refractivity contribution is 0.0952. The third kappa shape index (κ3) is 3.87. The standard InChI is InChI=1S/C19H15ClN2O4/c1-25-18-8-6-12(10-15(18)20)17-9-7-13(26-17)11-21-22-19(24)14-4-2-3-5-16(14)23/h2-11,23H,1H3,(H,22,24)/b21-11+. The number of carbonyl (C=O) groups is 1. The van der Waals surface area contributed by atoms with Crippen molar-refractivity contribution in [2.75, 3.05) is 7.11 Å². The highest BCUT2D eigenvalue weighted by Crippen LogP contribution is 2.30. The summed E-state index contributed by atoms with van der Waals surface area (Å²) in [6.07, 6.45) is 1.37. The third-order valence-electron chi connectivity index (χ3n) is 3.57. The molecule has 0 atom stereocenters. The predicted molar refractivity (Wildman–Crippen MR) is 98.9 cm³/mol. The summed E-state index contributed by atoms with van der Waals surface area (Å²) in [6.45, 7) is 0. The van der Waals surface area contributed by atoms with Crippen LogP contribution in [0.4, 0.5) is 0 Å². The van der Waals surface area contributed by atoms with Crippen molar-refractivity contribution in [1.29, 1.82) is 0 Å². The Kier molecular flexibility index (Phi) is 5.24. The van der Waals surface area contributed by atoms with Crippen LogP contribution in [0.1, 0.15) is 16.1 Å². The maximum Gasteiger partial charge on any atom is 0.275 e. The number of hydrogen-bond acceptors (Lipinski definition) is 5. The normalized spacial score (nSPS) is 10.8. The SMILES string of the molecule is COc1ccc(-c2ccc(/C=N/NC(=O)c3ccccc3O)o2)cc1Cl. The topological polar surface area (TPSA) is 84.1 Å². The number of rotatable bonds is 5. The Labute approximate surface area is 154 Å². The zero-order valence-corrected chi connectivity index (χ0v) is 14.5. The van der Waals surface area contributed by atoms with E-state index < -0.39 is 5.91 Å². The van der Waals surface area contributed by atoms with E-state index in [1.807, 2.05) is 6.07 Å². The Morgan fingerprint density at radius 3 is 2.77 bits per heavy atom. The molecule has 2 N–H and O–H groups in total. The van der Waals surface area contributed by atoms with Gasteiger partial charge in [0.1, 0.15) is 23.0 Å². The summed E-state index contributed by atoms with van der Waals surface area (Å²) in [7, 11) is 1.55. The Morgan fingerprint density at radius 1 is 1.23 bits per heavy atom. The zero-order chi connectivity index (χ0) is 18.5.